The minimum absolute atomic E-state index is 0.102. The van der Waals surface area contributed by atoms with Crippen molar-refractivity contribution in [2.24, 2.45) is 0 Å². The van der Waals surface area contributed by atoms with Gasteiger partial charge in [0.1, 0.15) is 12.4 Å². The van der Waals surface area contributed by atoms with Gasteiger partial charge < -0.3 is 5.32 Å². The summed E-state index contributed by atoms with van der Waals surface area (Å²) in [5.41, 5.74) is 1.48. The van der Waals surface area contributed by atoms with Crippen molar-refractivity contribution in [2.45, 2.75) is 20.4 Å². The average molecular weight is 333 g/mol. The Morgan fingerprint density at radius 1 is 1.61 bits per heavy atom. The van der Waals surface area contributed by atoms with Crippen molar-refractivity contribution in [2.75, 3.05) is 5.32 Å². The van der Waals surface area contributed by atoms with Gasteiger partial charge in [0.15, 0.2) is 0 Å². The SMILES string of the molecule is Cc1nn(CC(=O)Nc2[nH]ncc2Br)c(C)c1Cl. The van der Waals surface area contributed by atoms with Gasteiger partial charge in [0, 0.05) is 0 Å². The Morgan fingerprint density at radius 3 is 2.83 bits per heavy atom. The number of aryl methyl sites for hydroxylation is 1. The number of carbonyl (C=O) groups excluding carboxylic acids is 1. The van der Waals surface area contributed by atoms with E-state index in [4.69, 9.17) is 11.6 Å². The number of hydrogen-bond acceptors (Lipinski definition) is 3. The third-order valence-electron chi connectivity index (χ3n) is 2.44. The van der Waals surface area contributed by atoms with Crippen LogP contribution in [0, 0.1) is 13.8 Å². The molecule has 0 saturated heterocycles. The molecule has 0 atom stereocenters. The van der Waals surface area contributed by atoms with E-state index in [1.165, 1.54) is 0 Å². The maximum Gasteiger partial charge on any atom is 0.247 e. The number of H-pyrrole nitrogens is 1. The van der Waals surface area contributed by atoms with Crippen molar-refractivity contribution in [3.05, 3.63) is 27.1 Å². The van der Waals surface area contributed by atoms with Crippen LogP contribution in [0.15, 0.2) is 10.7 Å². The van der Waals surface area contributed by atoms with Gasteiger partial charge in [-0.15, -0.1) is 0 Å². The first-order valence-corrected chi connectivity index (χ1v) is 6.34. The normalized spacial score (nSPS) is 10.7. The molecule has 2 rings (SSSR count). The number of nitrogens with one attached hydrogen (secondary N) is 2. The fourth-order valence-electron chi connectivity index (χ4n) is 1.50. The zero-order chi connectivity index (χ0) is 13.3. The molecule has 0 bridgehead atoms. The first-order valence-electron chi connectivity index (χ1n) is 5.17. The largest absolute Gasteiger partial charge is 0.309 e. The fourth-order valence-corrected chi connectivity index (χ4v) is 1.93. The van der Waals surface area contributed by atoms with Crippen molar-refractivity contribution < 1.29 is 4.79 Å². The highest BCUT2D eigenvalue weighted by Gasteiger charge is 2.13. The molecule has 0 fully saturated rings. The lowest BCUT2D eigenvalue weighted by atomic mass is 10.4. The topological polar surface area (TPSA) is 75.6 Å². The first kappa shape index (κ1) is 13.1. The Morgan fingerprint density at radius 2 is 2.33 bits per heavy atom. The molecule has 0 aromatic carbocycles. The number of hydrogen-bond donors (Lipinski definition) is 2. The van der Waals surface area contributed by atoms with Crippen LogP contribution in [0.3, 0.4) is 0 Å². The molecule has 0 spiro atoms. The first-order chi connectivity index (χ1) is 8.49. The summed E-state index contributed by atoms with van der Waals surface area (Å²) in [5, 5.41) is 13.9. The Labute approximate surface area is 117 Å². The van der Waals surface area contributed by atoms with E-state index < -0.39 is 0 Å². The molecule has 0 radical (unpaired) electrons. The second-order valence-corrected chi connectivity index (χ2v) is 5.02. The molecule has 2 heterocycles. The molecular formula is C10H11BrClN5O. The zero-order valence-electron chi connectivity index (χ0n) is 9.79. The fraction of sp³-hybridized carbons (Fsp3) is 0.300. The third-order valence-corrected chi connectivity index (χ3v) is 3.59. The number of carbonyl (C=O) groups is 1. The molecule has 8 heteroatoms. The van der Waals surface area contributed by atoms with Gasteiger partial charge in [0.05, 0.1) is 27.1 Å². The molecule has 2 aromatic rings. The summed E-state index contributed by atoms with van der Waals surface area (Å²) in [5.74, 6) is 0.315. The van der Waals surface area contributed by atoms with Gasteiger partial charge in [-0.25, -0.2) is 0 Å². The van der Waals surface area contributed by atoms with Crippen molar-refractivity contribution in [3.8, 4) is 0 Å². The van der Waals surface area contributed by atoms with Gasteiger partial charge in [0.25, 0.3) is 0 Å². The summed E-state index contributed by atoms with van der Waals surface area (Å²) >= 11 is 9.27. The van der Waals surface area contributed by atoms with Crippen LogP contribution < -0.4 is 5.32 Å². The highest BCUT2D eigenvalue weighted by atomic mass is 79.9. The molecule has 18 heavy (non-hydrogen) atoms. The smallest absolute Gasteiger partial charge is 0.247 e. The zero-order valence-corrected chi connectivity index (χ0v) is 12.1. The van der Waals surface area contributed by atoms with E-state index in [1.54, 1.807) is 17.8 Å². The van der Waals surface area contributed by atoms with Crippen molar-refractivity contribution in [3.63, 3.8) is 0 Å². The Hall–Kier alpha value is -1.34. The lowest BCUT2D eigenvalue weighted by molar-refractivity contribution is -0.117. The number of rotatable bonds is 3. The van der Waals surface area contributed by atoms with Gasteiger partial charge in [-0.2, -0.15) is 10.2 Å². The number of nitrogens with zero attached hydrogens (tertiary/aromatic N) is 3. The molecular weight excluding hydrogens is 322 g/mol. The monoisotopic (exact) mass is 331 g/mol. The number of aromatic nitrogens is 4. The maximum absolute atomic E-state index is 11.8. The third kappa shape index (κ3) is 2.56. The highest BCUT2D eigenvalue weighted by molar-refractivity contribution is 9.10. The average Bonchev–Trinajstić information content (AvgIpc) is 2.80. The van der Waals surface area contributed by atoms with Crippen LogP contribution in [-0.4, -0.2) is 25.9 Å². The minimum atomic E-state index is -0.206. The van der Waals surface area contributed by atoms with E-state index in [0.29, 0.717) is 21.0 Å². The second kappa shape index (κ2) is 5.11. The molecule has 1 amide bonds. The van der Waals surface area contributed by atoms with Gasteiger partial charge in [-0.3, -0.25) is 14.6 Å². The van der Waals surface area contributed by atoms with E-state index in [2.05, 4.69) is 36.5 Å². The van der Waals surface area contributed by atoms with Gasteiger partial charge in [0.2, 0.25) is 5.91 Å². The second-order valence-electron chi connectivity index (χ2n) is 3.78. The van der Waals surface area contributed by atoms with Crippen molar-refractivity contribution in [1.82, 2.24) is 20.0 Å². The van der Waals surface area contributed by atoms with Gasteiger partial charge in [-0.1, -0.05) is 11.6 Å². The van der Waals surface area contributed by atoms with E-state index in [-0.39, 0.29) is 12.5 Å². The summed E-state index contributed by atoms with van der Waals surface area (Å²) < 4.78 is 2.26. The van der Waals surface area contributed by atoms with Crippen LogP contribution in [0.4, 0.5) is 5.82 Å². The molecule has 2 aromatic heterocycles. The molecule has 0 unspecified atom stereocenters. The van der Waals surface area contributed by atoms with E-state index in [0.717, 1.165) is 5.69 Å². The number of amides is 1. The van der Waals surface area contributed by atoms with E-state index in [9.17, 15) is 4.79 Å². The minimum Gasteiger partial charge on any atom is -0.309 e. The maximum atomic E-state index is 11.8. The molecule has 2 N–H and O–H groups in total. The summed E-state index contributed by atoms with van der Waals surface area (Å²) in [4.78, 5) is 11.8. The lowest BCUT2D eigenvalue weighted by Gasteiger charge is -2.05. The predicted octanol–water partition coefficient (Wildman–Crippen LogP) is 2.28. The Balaban J connectivity index is 2.08. The Bertz CT molecular complexity index is 591. The molecule has 0 aliphatic heterocycles. The summed E-state index contributed by atoms with van der Waals surface area (Å²) in [6, 6.07) is 0. The summed E-state index contributed by atoms with van der Waals surface area (Å²) in [6.07, 6.45) is 1.57. The van der Waals surface area contributed by atoms with Crippen LogP contribution >= 0.6 is 27.5 Å². The van der Waals surface area contributed by atoms with Crippen molar-refractivity contribution >= 4 is 39.3 Å². The Kier molecular flexibility index (Phi) is 3.72. The summed E-state index contributed by atoms with van der Waals surface area (Å²) in [7, 11) is 0. The van der Waals surface area contributed by atoms with Crippen LogP contribution in [0.25, 0.3) is 0 Å². The predicted molar refractivity (Wildman–Crippen MR) is 71.6 cm³/mol. The molecule has 0 aliphatic carbocycles. The number of anilines is 1. The number of aromatic amines is 1. The van der Waals surface area contributed by atoms with Crippen molar-refractivity contribution in [1.29, 1.82) is 0 Å². The lowest BCUT2D eigenvalue weighted by Crippen LogP contribution is -2.20. The molecule has 0 saturated carbocycles. The van der Waals surface area contributed by atoms with Crippen LogP contribution in [0.5, 0.6) is 0 Å². The van der Waals surface area contributed by atoms with Gasteiger partial charge in [-0.05, 0) is 29.8 Å². The molecule has 96 valence electrons. The molecule has 6 nitrogen and oxygen atoms in total. The van der Waals surface area contributed by atoms with Crippen LogP contribution in [-0.2, 0) is 11.3 Å². The standard InChI is InChI=1S/C10H11BrClN5O/c1-5-9(12)6(2)17(16-5)4-8(18)14-10-7(11)3-13-15-10/h3H,4H2,1-2H3,(H2,13,14,15,18). The number of halogens is 2. The molecule has 0 aliphatic rings. The van der Waals surface area contributed by atoms with Crippen LogP contribution in [0.2, 0.25) is 5.02 Å². The van der Waals surface area contributed by atoms with E-state index >= 15 is 0 Å². The van der Waals surface area contributed by atoms with Crippen LogP contribution in [0.1, 0.15) is 11.4 Å². The van der Waals surface area contributed by atoms with E-state index in [1.807, 2.05) is 6.92 Å². The summed E-state index contributed by atoms with van der Waals surface area (Å²) in [6.45, 7) is 3.72. The quantitative estimate of drug-likeness (QED) is 0.905. The van der Waals surface area contributed by atoms with Gasteiger partial charge >= 0.3 is 0 Å². The highest BCUT2D eigenvalue weighted by Crippen LogP contribution is 2.20.